The molecule has 0 atom stereocenters. The van der Waals surface area contributed by atoms with Crippen LogP contribution in [0.4, 0.5) is 5.69 Å². The Kier molecular flexibility index (Phi) is 5.20. The normalized spacial score (nSPS) is 15.6. The van der Waals surface area contributed by atoms with Crippen molar-refractivity contribution < 1.29 is 9.21 Å². The summed E-state index contributed by atoms with van der Waals surface area (Å²) < 4.78 is 5.95. The van der Waals surface area contributed by atoms with Gasteiger partial charge in [-0.1, -0.05) is 48.5 Å². The molecule has 1 N–H and O–H groups in total. The highest BCUT2D eigenvalue weighted by Crippen LogP contribution is 2.30. The summed E-state index contributed by atoms with van der Waals surface area (Å²) in [6, 6.07) is 22.0. The first-order valence-electron chi connectivity index (χ1n) is 10.6. The summed E-state index contributed by atoms with van der Waals surface area (Å²) in [5.41, 5.74) is 2.67. The lowest BCUT2D eigenvalue weighted by molar-refractivity contribution is -0.116. The van der Waals surface area contributed by atoms with Gasteiger partial charge in [0.05, 0.1) is 0 Å². The molecule has 2 heterocycles. The lowest BCUT2D eigenvalue weighted by Crippen LogP contribution is -2.35. The van der Waals surface area contributed by atoms with Crippen LogP contribution in [-0.4, -0.2) is 35.4 Å². The van der Waals surface area contributed by atoms with Gasteiger partial charge in [-0.05, 0) is 49.5 Å². The molecule has 0 bridgehead atoms. The van der Waals surface area contributed by atoms with Crippen LogP contribution in [0, 0.1) is 0 Å². The van der Waals surface area contributed by atoms with E-state index < -0.39 is 0 Å². The molecule has 1 aliphatic rings. The topological polar surface area (TPSA) is 58.4 Å². The number of carbonyl (C=O) groups is 1. The van der Waals surface area contributed by atoms with E-state index in [9.17, 15) is 4.79 Å². The van der Waals surface area contributed by atoms with E-state index in [1.807, 2.05) is 54.6 Å². The molecule has 0 radical (unpaired) electrons. The standard InChI is InChI=1S/C25H25N3O2/c29-24(26-21-10-5-7-18-6-1-2-8-20(18)21)14-17-28-15-12-19(13-16-28)25-27-22-9-3-4-11-23(22)30-25/h1-11,19H,12-17H2,(H,26,29). The zero-order valence-corrected chi connectivity index (χ0v) is 16.9. The molecule has 0 aliphatic carbocycles. The summed E-state index contributed by atoms with van der Waals surface area (Å²) in [6.45, 7) is 2.70. The minimum atomic E-state index is 0.0624. The maximum absolute atomic E-state index is 12.5. The fourth-order valence-electron chi connectivity index (χ4n) is 4.27. The van der Waals surface area contributed by atoms with Crippen molar-refractivity contribution in [2.75, 3.05) is 25.0 Å². The van der Waals surface area contributed by atoms with Crippen LogP contribution in [0.25, 0.3) is 21.9 Å². The van der Waals surface area contributed by atoms with Crippen LogP contribution < -0.4 is 5.32 Å². The number of hydrogen-bond acceptors (Lipinski definition) is 4. The zero-order chi connectivity index (χ0) is 20.3. The molecule has 1 amide bonds. The van der Waals surface area contributed by atoms with Crippen LogP contribution in [0.15, 0.2) is 71.1 Å². The molecule has 1 aromatic heterocycles. The first-order chi connectivity index (χ1) is 14.8. The van der Waals surface area contributed by atoms with Gasteiger partial charge in [0, 0.05) is 30.0 Å². The van der Waals surface area contributed by atoms with E-state index in [1.165, 1.54) is 0 Å². The van der Waals surface area contributed by atoms with E-state index in [1.54, 1.807) is 0 Å². The average Bonchev–Trinajstić information content (AvgIpc) is 3.23. The van der Waals surface area contributed by atoms with E-state index in [4.69, 9.17) is 4.42 Å². The third kappa shape index (κ3) is 3.94. The largest absolute Gasteiger partial charge is 0.440 e. The maximum Gasteiger partial charge on any atom is 0.225 e. The first-order valence-corrected chi connectivity index (χ1v) is 10.6. The van der Waals surface area contributed by atoms with Gasteiger partial charge in [-0.2, -0.15) is 0 Å². The second-order valence-electron chi connectivity index (χ2n) is 7.96. The van der Waals surface area contributed by atoms with Crippen LogP contribution in [0.2, 0.25) is 0 Å². The molecule has 3 aromatic carbocycles. The van der Waals surface area contributed by atoms with E-state index in [-0.39, 0.29) is 5.91 Å². The smallest absolute Gasteiger partial charge is 0.225 e. The molecule has 30 heavy (non-hydrogen) atoms. The predicted octanol–water partition coefficient (Wildman–Crippen LogP) is 5.19. The van der Waals surface area contributed by atoms with Gasteiger partial charge < -0.3 is 14.6 Å². The van der Waals surface area contributed by atoms with E-state index in [0.29, 0.717) is 12.3 Å². The van der Waals surface area contributed by atoms with Crippen molar-refractivity contribution in [1.82, 2.24) is 9.88 Å². The lowest BCUT2D eigenvalue weighted by Gasteiger charge is -2.30. The van der Waals surface area contributed by atoms with Crippen molar-refractivity contribution in [3.05, 3.63) is 72.6 Å². The third-order valence-corrected chi connectivity index (χ3v) is 5.97. The second-order valence-corrected chi connectivity index (χ2v) is 7.96. The maximum atomic E-state index is 12.5. The summed E-state index contributed by atoms with van der Waals surface area (Å²) in [7, 11) is 0. The van der Waals surface area contributed by atoms with Gasteiger partial charge in [0.2, 0.25) is 5.91 Å². The second kappa shape index (κ2) is 8.28. The number of aromatic nitrogens is 1. The SMILES string of the molecule is O=C(CCN1CCC(c2nc3ccccc3o2)CC1)Nc1cccc2ccccc12. The Morgan fingerprint density at radius 2 is 1.77 bits per heavy atom. The summed E-state index contributed by atoms with van der Waals surface area (Å²) >= 11 is 0. The monoisotopic (exact) mass is 399 g/mol. The van der Waals surface area contributed by atoms with Crippen LogP contribution in [-0.2, 0) is 4.79 Å². The lowest BCUT2D eigenvalue weighted by atomic mass is 9.96. The number of amides is 1. The quantitative estimate of drug-likeness (QED) is 0.502. The highest BCUT2D eigenvalue weighted by molar-refractivity contribution is 6.02. The van der Waals surface area contributed by atoms with E-state index >= 15 is 0 Å². The number of piperidine rings is 1. The molecule has 1 aliphatic heterocycles. The van der Waals surface area contributed by atoms with Crippen molar-refractivity contribution in [2.24, 2.45) is 0 Å². The van der Waals surface area contributed by atoms with Gasteiger partial charge in [-0.15, -0.1) is 0 Å². The summed E-state index contributed by atoms with van der Waals surface area (Å²) in [5, 5.41) is 5.30. The minimum Gasteiger partial charge on any atom is -0.440 e. The number of rotatable bonds is 5. The number of benzene rings is 3. The fraction of sp³-hybridized carbons (Fsp3) is 0.280. The first kappa shape index (κ1) is 18.8. The summed E-state index contributed by atoms with van der Waals surface area (Å²) in [4.78, 5) is 19.5. The number of likely N-dealkylation sites (tertiary alicyclic amines) is 1. The summed E-state index contributed by atoms with van der Waals surface area (Å²) in [5.74, 6) is 1.27. The Balaban J connectivity index is 1.14. The molecule has 5 nitrogen and oxygen atoms in total. The molecule has 0 unspecified atom stereocenters. The van der Waals surface area contributed by atoms with Gasteiger partial charge >= 0.3 is 0 Å². The molecule has 1 fully saturated rings. The highest BCUT2D eigenvalue weighted by atomic mass is 16.3. The van der Waals surface area contributed by atoms with E-state index in [0.717, 1.165) is 65.9 Å². The number of hydrogen-bond donors (Lipinski definition) is 1. The van der Waals surface area contributed by atoms with Gasteiger partial charge in [-0.3, -0.25) is 4.79 Å². The third-order valence-electron chi connectivity index (χ3n) is 5.97. The van der Waals surface area contributed by atoms with Crippen LogP contribution in [0.1, 0.15) is 31.1 Å². The molecule has 0 saturated carbocycles. The Labute approximate surface area is 175 Å². The average molecular weight is 399 g/mol. The van der Waals surface area contributed by atoms with Crippen molar-refractivity contribution in [3.8, 4) is 0 Å². The molecule has 4 aromatic rings. The van der Waals surface area contributed by atoms with Crippen molar-refractivity contribution in [3.63, 3.8) is 0 Å². The van der Waals surface area contributed by atoms with Crippen LogP contribution >= 0.6 is 0 Å². The Morgan fingerprint density at radius 1 is 1.00 bits per heavy atom. The van der Waals surface area contributed by atoms with Crippen LogP contribution in [0.5, 0.6) is 0 Å². The Bertz CT molecular complexity index is 1140. The number of anilines is 1. The van der Waals surface area contributed by atoms with Gasteiger partial charge in [0.1, 0.15) is 5.52 Å². The Hall–Kier alpha value is -3.18. The number of nitrogens with zero attached hydrogens (tertiary/aromatic N) is 2. The number of oxazole rings is 1. The number of nitrogens with one attached hydrogen (secondary N) is 1. The minimum absolute atomic E-state index is 0.0624. The molecule has 152 valence electrons. The number of fused-ring (bicyclic) bond motifs is 2. The van der Waals surface area contributed by atoms with Crippen molar-refractivity contribution >= 4 is 33.5 Å². The predicted molar refractivity (Wildman–Crippen MR) is 120 cm³/mol. The molecule has 1 saturated heterocycles. The van der Waals surface area contributed by atoms with Gasteiger partial charge in [0.15, 0.2) is 11.5 Å². The van der Waals surface area contributed by atoms with E-state index in [2.05, 4.69) is 27.3 Å². The van der Waals surface area contributed by atoms with Gasteiger partial charge in [0.25, 0.3) is 0 Å². The number of carbonyl (C=O) groups excluding carboxylic acids is 1. The van der Waals surface area contributed by atoms with Crippen LogP contribution in [0.3, 0.4) is 0 Å². The molecular formula is C25H25N3O2. The summed E-state index contributed by atoms with van der Waals surface area (Å²) in [6.07, 6.45) is 2.52. The molecular weight excluding hydrogens is 374 g/mol. The fourth-order valence-corrected chi connectivity index (χ4v) is 4.27. The highest BCUT2D eigenvalue weighted by Gasteiger charge is 2.24. The number of para-hydroxylation sites is 2. The van der Waals surface area contributed by atoms with Crippen molar-refractivity contribution in [1.29, 1.82) is 0 Å². The zero-order valence-electron chi connectivity index (χ0n) is 16.9. The Morgan fingerprint density at radius 3 is 2.63 bits per heavy atom. The molecule has 5 heteroatoms. The molecule has 5 rings (SSSR count). The van der Waals surface area contributed by atoms with Gasteiger partial charge in [-0.25, -0.2) is 4.98 Å². The van der Waals surface area contributed by atoms with Crippen molar-refractivity contribution in [2.45, 2.75) is 25.2 Å². The molecule has 0 spiro atoms.